The third-order valence-corrected chi connectivity index (χ3v) is 5.02. The van der Waals surface area contributed by atoms with E-state index in [0.717, 1.165) is 43.0 Å². The number of aromatic nitrogens is 1. The summed E-state index contributed by atoms with van der Waals surface area (Å²) in [7, 11) is 1.57. The van der Waals surface area contributed by atoms with Crippen LogP contribution in [0.2, 0.25) is 0 Å². The highest BCUT2D eigenvalue weighted by Gasteiger charge is 2.24. The average Bonchev–Trinajstić information content (AvgIpc) is 2.71. The number of ether oxygens (including phenoxy) is 2. The van der Waals surface area contributed by atoms with Crippen LogP contribution in [-0.4, -0.2) is 31.8 Å². The Morgan fingerprint density at radius 1 is 1.18 bits per heavy atom. The quantitative estimate of drug-likeness (QED) is 0.790. The fourth-order valence-electron chi connectivity index (χ4n) is 3.64. The van der Waals surface area contributed by atoms with Gasteiger partial charge in [0.1, 0.15) is 11.9 Å². The van der Waals surface area contributed by atoms with Gasteiger partial charge < -0.3 is 14.4 Å². The van der Waals surface area contributed by atoms with E-state index in [0.29, 0.717) is 35.2 Å². The molecule has 1 aromatic heterocycles. The lowest BCUT2D eigenvalue weighted by Crippen LogP contribution is -2.38. The zero-order valence-electron chi connectivity index (χ0n) is 16.5. The van der Waals surface area contributed by atoms with Crippen molar-refractivity contribution < 1.29 is 9.47 Å². The van der Waals surface area contributed by atoms with Crippen LogP contribution in [0.25, 0.3) is 0 Å². The lowest BCUT2D eigenvalue weighted by molar-refractivity contribution is 0.220. The zero-order chi connectivity index (χ0) is 20.1. The molecule has 1 fully saturated rings. The van der Waals surface area contributed by atoms with Crippen molar-refractivity contribution in [2.45, 2.75) is 26.7 Å². The molecule has 28 heavy (non-hydrogen) atoms. The number of benzene rings is 1. The highest BCUT2D eigenvalue weighted by molar-refractivity contribution is 5.58. The third-order valence-electron chi connectivity index (χ3n) is 5.02. The van der Waals surface area contributed by atoms with Gasteiger partial charge in [0.05, 0.1) is 30.9 Å². The van der Waals surface area contributed by atoms with Crippen molar-refractivity contribution in [2.75, 3.05) is 31.7 Å². The molecule has 6 heteroatoms. The van der Waals surface area contributed by atoms with Gasteiger partial charge in [0.2, 0.25) is 0 Å². The average molecular weight is 376 g/mol. The van der Waals surface area contributed by atoms with E-state index in [-0.39, 0.29) is 0 Å². The molecule has 0 bridgehead atoms. The first-order chi connectivity index (χ1) is 13.5. The summed E-state index contributed by atoms with van der Waals surface area (Å²) in [4.78, 5) is 6.84. The molecule has 0 aliphatic carbocycles. The molecule has 1 aromatic carbocycles. The number of hydrogen-bond donors (Lipinski definition) is 0. The zero-order valence-corrected chi connectivity index (χ0v) is 16.5. The minimum Gasteiger partial charge on any atom is -0.493 e. The third kappa shape index (κ3) is 4.18. The molecule has 0 radical (unpaired) electrons. The van der Waals surface area contributed by atoms with Crippen molar-refractivity contribution in [3.05, 3.63) is 46.6 Å². The van der Waals surface area contributed by atoms with Gasteiger partial charge in [0, 0.05) is 30.8 Å². The van der Waals surface area contributed by atoms with Crippen LogP contribution in [0.5, 0.6) is 11.5 Å². The summed E-state index contributed by atoms with van der Waals surface area (Å²) >= 11 is 0. The molecule has 1 aliphatic heterocycles. The second kappa shape index (κ2) is 8.63. The fraction of sp³-hybridized carbons (Fsp3) is 0.409. The lowest BCUT2D eigenvalue weighted by Gasteiger charge is -2.34. The largest absolute Gasteiger partial charge is 0.493 e. The van der Waals surface area contributed by atoms with Crippen LogP contribution in [-0.2, 0) is 0 Å². The van der Waals surface area contributed by atoms with Gasteiger partial charge >= 0.3 is 0 Å². The minimum atomic E-state index is 0.322. The Morgan fingerprint density at radius 3 is 2.71 bits per heavy atom. The first-order valence-corrected chi connectivity index (χ1v) is 9.40. The summed E-state index contributed by atoms with van der Waals surface area (Å²) < 4.78 is 11.4. The predicted octanol–water partition coefficient (Wildman–Crippen LogP) is 3.75. The van der Waals surface area contributed by atoms with Gasteiger partial charge in [-0.05, 0) is 50.5 Å². The first-order valence-electron chi connectivity index (χ1n) is 9.40. The van der Waals surface area contributed by atoms with Crippen LogP contribution in [0.3, 0.4) is 0 Å². The summed E-state index contributed by atoms with van der Waals surface area (Å²) in [6.45, 7) is 6.15. The van der Waals surface area contributed by atoms with Crippen LogP contribution < -0.4 is 14.4 Å². The lowest BCUT2D eigenvalue weighted by atomic mass is 9.98. The molecular formula is C22H24N4O2. The van der Waals surface area contributed by atoms with E-state index in [1.165, 1.54) is 0 Å². The number of rotatable bonds is 5. The van der Waals surface area contributed by atoms with E-state index in [4.69, 9.17) is 14.7 Å². The van der Waals surface area contributed by atoms with Gasteiger partial charge in [0.25, 0.3) is 0 Å². The topological polar surface area (TPSA) is 82.2 Å². The van der Waals surface area contributed by atoms with Crippen molar-refractivity contribution in [1.29, 1.82) is 10.5 Å². The Labute approximate surface area is 165 Å². The van der Waals surface area contributed by atoms with E-state index in [1.54, 1.807) is 25.3 Å². The molecular weight excluding hydrogens is 352 g/mol. The van der Waals surface area contributed by atoms with Gasteiger partial charge in [-0.1, -0.05) is 0 Å². The molecule has 0 saturated carbocycles. The Bertz CT molecular complexity index is 943. The van der Waals surface area contributed by atoms with E-state index in [9.17, 15) is 5.26 Å². The molecule has 1 atom stereocenters. The fourth-order valence-corrected chi connectivity index (χ4v) is 3.64. The molecule has 0 amide bonds. The van der Waals surface area contributed by atoms with Gasteiger partial charge in [-0.25, -0.2) is 4.98 Å². The number of aryl methyl sites for hydroxylation is 2. The molecule has 1 saturated heterocycles. The highest BCUT2D eigenvalue weighted by atomic mass is 16.5. The smallest absolute Gasteiger partial charge is 0.162 e. The molecule has 144 valence electrons. The van der Waals surface area contributed by atoms with Gasteiger partial charge in [0.15, 0.2) is 11.5 Å². The standard InChI is InChI=1S/C22H24N4O2/c1-15-9-16(2)25-22(19(15)12-24)26-8-4-5-18(13-26)14-28-20-7-6-17(11-23)10-21(20)27-3/h6-7,9-10,18H,4-5,8,13-14H2,1-3H3. The summed E-state index contributed by atoms with van der Waals surface area (Å²) in [5, 5.41) is 18.6. The number of piperidine rings is 1. The predicted molar refractivity (Wildman–Crippen MR) is 107 cm³/mol. The van der Waals surface area contributed by atoms with Crippen LogP contribution >= 0.6 is 0 Å². The van der Waals surface area contributed by atoms with Crippen LogP contribution in [0.4, 0.5) is 5.82 Å². The Kier molecular flexibility index (Phi) is 6.01. The SMILES string of the molecule is COc1cc(C#N)ccc1OCC1CCCN(c2nc(C)cc(C)c2C#N)C1. The molecule has 2 heterocycles. The second-order valence-corrected chi connectivity index (χ2v) is 7.13. The van der Waals surface area contributed by atoms with Gasteiger partial charge in [-0.3, -0.25) is 0 Å². The molecule has 0 spiro atoms. The van der Waals surface area contributed by atoms with Crippen molar-refractivity contribution >= 4 is 5.82 Å². The Hall–Kier alpha value is -3.25. The number of hydrogen-bond acceptors (Lipinski definition) is 6. The number of anilines is 1. The monoisotopic (exact) mass is 376 g/mol. The minimum absolute atomic E-state index is 0.322. The van der Waals surface area contributed by atoms with Gasteiger partial charge in [-0.2, -0.15) is 10.5 Å². The van der Waals surface area contributed by atoms with Crippen molar-refractivity contribution in [2.24, 2.45) is 5.92 Å². The molecule has 3 rings (SSSR count). The second-order valence-electron chi connectivity index (χ2n) is 7.13. The normalized spacial score (nSPS) is 16.2. The van der Waals surface area contributed by atoms with Crippen LogP contribution in [0.1, 0.15) is 35.2 Å². The number of nitriles is 2. The van der Waals surface area contributed by atoms with E-state index in [2.05, 4.69) is 22.0 Å². The number of methoxy groups -OCH3 is 1. The summed E-state index contributed by atoms with van der Waals surface area (Å²) in [5.41, 5.74) is 3.08. The van der Waals surface area contributed by atoms with E-state index >= 15 is 0 Å². The summed E-state index contributed by atoms with van der Waals surface area (Å²) in [6, 6.07) is 11.5. The van der Waals surface area contributed by atoms with Crippen molar-refractivity contribution in [3.63, 3.8) is 0 Å². The maximum atomic E-state index is 9.56. The highest BCUT2D eigenvalue weighted by Crippen LogP contribution is 2.30. The molecule has 1 unspecified atom stereocenters. The van der Waals surface area contributed by atoms with E-state index < -0.39 is 0 Å². The molecule has 0 N–H and O–H groups in total. The number of pyridine rings is 1. The summed E-state index contributed by atoms with van der Waals surface area (Å²) in [5.74, 6) is 2.30. The molecule has 2 aromatic rings. The van der Waals surface area contributed by atoms with Crippen molar-refractivity contribution in [1.82, 2.24) is 4.98 Å². The molecule has 6 nitrogen and oxygen atoms in total. The van der Waals surface area contributed by atoms with E-state index in [1.807, 2.05) is 19.9 Å². The number of nitrogens with zero attached hydrogens (tertiary/aromatic N) is 4. The Balaban J connectivity index is 1.72. The molecule has 1 aliphatic rings. The first kappa shape index (κ1) is 19.5. The van der Waals surface area contributed by atoms with Gasteiger partial charge in [-0.15, -0.1) is 0 Å². The van der Waals surface area contributed by atoms with Crippen molar-refractivity contribution in [3.8, 4) is 23.6 Å². The van der Waals surface area contributed by atoms with Crippen LogP contribution in [0, 0.1) is 42.4 Å². The maximum absolute atomic E-state index is 9.56. The summed E-state index contributed by atoms with van der Waals surface area (Å²) in [6.07, 6.45) is 2.08. The van der Waals surface area contributed by atoms with Crippen LogP contribution in [0.15, 0.2) is 24.3 Å². The maximum Gasteiger partial charge on any atom is 0.162 e. The Morgan fingerprint density at radius 2 is 2.00 bits per heavy atom.